The molecule has 3 nitrogen and oxygen atoms in total. The summed E-state index contributed by atoms with van der Waals surface area (Å²) in [6.45, 7) is 1.57. The fourth-order valence-electron chi connectivity index (χ4n) is 3.31. The summed E-state index contributed by atoms with van der Waals surface area (Å²) in [7, 11) is 0. The lowest BCUT2D eigenvalue weighted by molar-refractivity contribution is -0.115. The summed E-state index contributed by atoms with van der Waals surface area (Å²) < 4.78 is 0. The standard InChI is InChI=1S/C25H20N2O/c1-19(28)27(22-15-6-3-7-16-22)25(26-21-13-4-2-5-14-21)24-18-10-12-20-11-8-9-17-23(20)24/h2-18H,1H3. The molecule has 1 amide bonds. The Bertz CT molecular complexity index is 1130. The first kappa shape index (κ1) is 17.7. The highest BCUT2D eigenvalue weighted by Crippen LogP contribution is 2.26. The molecule has 0 aliphatic carbocycles. The van der Waals surface area contributed by atoms with E-state index in [4.69, 9.17) is 4.99 Å². The maximum Gasteiger partial charge on any atom is 0.229 e. The van der Waals surface area contributed by atoms with Crippen LogP contribution in [0, 0.1) is 0 Å². The summed E-state index contributed by atoms with van der Waals surface area (Å²) in [4.78, 5) is 19.3. The van der Waals surface area contributed by atoms with Gasteiger partial charge in [0.2, 0.25) is 5.91 Å². The number of anilines is 1. The summed E-state index contributed by atoms with van der Waals surface area (Å²) >= 11 is 0. The normalized spacial score (nSPS) is 11.4. The Labute approximate surface area is 164 Å². The highest BCUT2D eigenvalue weighted by Gasteiger charge is 2.21. The Morgan fingerprint density at radius 2 is 1.32 bits per heavy atom. The molecule has 4 rings (SSSR count). The van der Waals surface area contributed by atoms with Crippen molar-refractivity contribution in [1.82, 2.24) is 0 Å². The van der Waals surface area contributed by atoms with Gasteiger partial charge in [-0.3, -0.25) is 9.69 Å². The second-order valence-corrected chi connectivity index (χ2v) is 6.49. The van der Waals surface area contributed by atoms with Crippen LogP contribution in [0.3, 0.4) is 0 Å². The Morgan fingerprint density at radius 3 is 2.04 bits per heavy atom. The summed E-state index contributed by atoms with van der Waals surface area (Å²) in [6.07, 6.45) is 0. The predicted octanol–water partition coefficient (Wildman–Crippen LogP) is 5.97. The van der Waals surface area contributed by atoms with Crippen LogP contribution in [-0.2, 0) is 4.79 Å². The van der Waals surface area contributed by atoms with E-state index in [1.807, 2.05) is 84.9 Å². The van der Waals surface area contributed by atoms with Crippen LogP contribution in [0.2, 0.25) is 0 Å². The molecular weight excluding hydrogens is 344 g/mol. The highest BCUT2D eigenvalue weighted by atomic mass is 16.2. The monoisotopic (exact) mass is 364 g/mol. The molecule has 0 radical (unpaired) electrons. The number of aliphatic imine (C=N–C) groups is 1. The van der Waals surface area contributed by atoms with Gasteiger partial charge in [-0.25, -0.2) is 4.99 Å². The largest absolute Gasteiger partial charge is 0.274 e. The minimum atomic E-state index is -0.0891. The lowest BCUT2D eigenvalue weighted by Crippen LogP contribution is -2.36. The number of hydrogen-bond acceptors (Lipinski definition) is 2. The number of rotatable bonds is 3. The zero-order valence-corrected chi connectivity index (χ0v) is 15.6. The first-order valence-electron chi connectivity index (χ1n) is 9.21. The van der Waals surface area contributed by atoms with Gasteiger partial charge in [0.05, 0.1) is 11.4 Å². The Morgan fingerprint density at radius 1 is 0.714 bits per heavy atom. The number of carbonyl (C=O) groups is 1. The smallest absolute Gasteiger partial charge is 0.229 e. The van der Waals surface area contributed by atoms with E-state index in [9.17, 15) is 4.79 Å². The molecule has 0 N–H and O–H groups in total. The lowest BCUT2D eigenvalue weighted by atomic mass is 10.0. The molecule has 136 valence electrons. The molecular formula is C25H20N2O. The fraction of sp³-hybridized carbons (Fsp3) is 0.0400. The zero-order valence-electron chi connectivity index (χ0n) is 15.6. The first-order valence-corrected chi connectivity index (χ1v) is 9.21. The minimum absolute atomic E-state index is 0.0891. The van der Waals surface area contributed by atoms with E-state index in [0.29, 0.717) is 5.84 Å². The minimum Gasteiger partial charge on any atom is -0.274 e. The molecule has 4 aromatic carbocycles. The van der Waals surface area contributed by atoms with Crippen LogP contribution in [-0.4, -0.2) is 11.7 Å². The molecule has 0 aliphatic rings. The Kier molecular flexibility index (Phi) is 4.98. The number of nitrogens with zero attached hydrogens (tertiary/aromatic N) is 2. The molecule has 0 atom stereocenters. The fourth-order valence-corrected chi connectivity index (χ4v) is 3.31. The maximum absolute atomic E-state index is 12.7. The van der Waals surface area contributed by atoms with Crippen molar-refractivity contribution < 1.29 is 4.79 Å². The molecule has 0 aromatic heterocycles. The van der Waals surface area contributed by atoms with Crippen LogP contribution in [0.5, 0.6) is 0 Å². The average molecular weight is 364 g/mol. The van der Waals surface area contributed by atoms with Crippen LogP contribution < -0.4 is 4.90 Å². The van der Waals surface area contributed by atoms with Gasteiger partial charge in [-0.2, -0.15) is 0 Å². The molecule has 3 heteroatoms. The Balaban J connectivity index is 1.99. The summed E-state index contributed by atoms with van der Waals surface area (Å²) in [5.74, 6) is 0.524. The molecule has 0 fully saturated rings. The van der Waals surface area contributed by atoms with Gasteiger partial charge in [0, 0.05) is 12.5 Å². The van der Waals surface area contributed by atoms with Crippen molar-refractivity contribution in [3.8, 4) is 0 Å². The number of carbonyl (C=O) groups excluding carboxylic acids is 1. The number of hydrogen-bond donors (Lipinski definition) is 0. The van der Waals surface area contributed by atoms with Crippen LogP contribution >= 0.6 is 0 Å². The van der Waals surface area contributed by atoms with Gasteiger partial charge in [-0.05, 0) is 35.0 Å². The van der Waals surface area contributed by atoms with E-state index in [0.717, 1.165) is 27.7 Å². The van der Waals surface area contributed by atoms with Crippen molar-refractivity contribution in [2.45, 2.75) is 6.92 Å². The van der Waals surface area contributed by atoms with Gasteiger partial charge in [-0.1, -0.05) is 78.9 Å². The maximum atomic E-state index is 12.7. The Hall–Kier alpha value is -3.72. The van der Waals surface area contributed by atoms with Crippen molar-refractivity contribution in [1.29, 1.82) is 0 Å². The van der Waals surface area contributed by atoms with E-state index in [2.05, 4.69) is 18.2 Å². The zero-order chi connectivity index (χ0) is 19.3. The second kappa shape index (κ2) is 7.89. The van der Waals surface area contributed by atoms with Gasteiger partial charge in [-0.15, -0.1) is 0 Å². The second-order valence-electron chi connectivity index (χ2n) is 6.49. The SMILES string of the molecule is CC(=O)N(C(=Nc1ccccc1)c1cccc2ccccc12)c1ccccc1. The molecule has 0 unspecified atom stereocenters. The molecule has 0 spiro atoms. The molecule has 28 heavy (non-hydrogen) atoms. The van der Waals surface area contributed by atoms with Crippen LogP contribution in [0.15, 0.2) is 108 Å². The predicted molar refractivity (Wildman–Crippen MR) is 116 cm³/mol. The number of amidine groups is 1. The first-order chi connectivity index (χ1) is 13.7. The van der Waals surface area contributed by atoms with Crippen molar-refractivity contribution in [3.63, 3.8) is 0 Å². The van der Waals surface area contributed by atoms with E-state index >= 15 is 0 Å². The van der Waals surface area contributed by atoms with E-state index < -0.39 is 0 Å². The van der Waals surface area contributed by atoms with Crippen molar-refractivity contribution in [2.24, 2.45) is 4.99 Å². The third-order valence-corrected chi connectivity index (χ3v) is 4.56. The van der Waals surface area contributed by atoms with E-state index in [1.54, 1.807) is 11.8 Å². The average Bonchev–Trinajstić information content (AvgIpc) is 2.74. The number of fused-ring (bicyclic) bond motifs is 1. The molecule has 0 aliphatic heterocycles. The van der Waals surface area contributed by atoms with Crippen LogP contribution in [0.4, 0.5) is 11.4 Å². The molecule has 0 saturated carbocycles. The topological polar surface area (TPSA) is 32.7 Å². The molecule has 4 aromatic rings. The lowest BCUT2D eigenvalue weighted by Gasteiger charge is -2.24. The van der Waals surface area contributed by atoms with Gasteiger partial charge in [0.1, 0.15) is 5.84 Å². The van der Waals surface area contributed by atoms with Gasteiger partial charge < -0.3 is 0 Å². The van der Waals surface area contributed by atoms with Crippen molar-refractivity contribution >= 4 is 33.9 Å². The van der Waals surface area contributed by atoms with E-state index in [-0.39, 0.29) is 5.91 Å². The van der Waals surface area contributed by atoms with Crippen molar-refractivity contribution in [3.05, 3.63) is 109 Å². The van der Waals surface area contributed by atoms with Crippen LogP contribution in [0.25, 0.3) is 10.8 Å². The third-order valence-electron chi connectivity index (χ3n) is 4.56. The van der Waals surface area contributed by atoms with Gasteiger partial charge >= 0.3 is 0 Å². The summed E-state index contributed by atoms with van der Waals surface area (Å²) in [5.41, 5.74) is 2.51. The molecule has 0 heterocycles. The number of para-hydroxylation sites is 2. The van der Waals surface area contributed by atoms with Crippen LogP contribution in [0.1, 0.15) is 12.5 Å². The van der Waals surface area contributed by atoms with E-state index in [1.165, 1.54) is 0 Å². The highest BCUT2D eigenvalue weighted by molar-refractivity contribution is 6.27. The third kappa shape index (κ3) is 3.55. The number of benzene rings is 4. The van der Waals surface area contributed by atoms with Gasteiger partial charge in [0.15, 0.2) is 0 Å². The number of amides is 1. The van der Waals surface area contributed by atoms with Crippen molar-refractivity contribution in [2.75, 3.05) is 4.90 Å². The molecule has 0 saturated heterocycles. The van der Waals surface area contributed by atoms with Gasteiger partial charge in [0.25, 0.3) is 0 Å². The quantitative estimate of drug-likeness (QED) is 0.325. The molecule has 0 bridgehead atoms. The summed E-state index contributed by atoms with van der Waals surface area (Å²) in [6, 6.07) is 33.6. The summed E-state index contributed by atoms with van der Waals surface area (Å²) in [5, 5.41) is 2.17.